The minimum Gasteiger partial charge on any atom is -0.267 e. The van der Waals surface area contributed by atoms with Crippen molar-refractivity contribution in [3.63, 3.8) is 0 Å². The first kappa shape index (κ1) is 22.4. The van der Waals surface area contributed by atoms with E-state index in [9.17, 15) is 4.79 Å². The number of hydrazone groups is 1. The third-order valence-electron chi connectivity index (χ3n) is 6.22. The van der Waals surface area contributed by atoms with Crippen molar-refractivity contribution in [1.82, 2.24) is 5.01 Å². The monoisotopic (exact) mass is 538 g/mol. The predicted molar refractivity (Wildman–Crippen MR) is 139 cm³/mol. The minimum absolute atomic E-state index is 0.102. The van der Waals surface area contributed by atoms with Gasteiger partial charge in [-0.2, -0.15) is 5.10 Å². The van der Waals surface area contributed by atoms with E-state index in [-0.39, 0.29) is 17.9 Å². The number of allylic oxidation sites excluding steroid dienone is 1. The van der Waals surface area contributed by atoms with Crippen molar-refractivity contribution in [2.45, 2.75) is 25.3 Å². The first-order valence-corrected chi connectivity index (χ1v) is 12.4. The molecule has 0 N–H and O–H groups in total. The van der Waals surface area contributed by atoms with E-state index in [1.165, 1.54) is 5.57 Å². The molecule has 33 heavy (non-hydrogen) atoms. The van der Waals surface area contributed by atoms with E-state index in [2.05, 4.69) is 22.0 Å². The lowest BCUT2D eigenvalue weighted by Gasteiger charge is -2.29. The van der Waals surface area contributed by atoms with E-state index >= 15 is 0 Å². The van der Waals surface area contributed by atoms with Crippen LogP contribution in [0, 0.1) is 5.92 Å². The highest BCUT2D eigenvalue weighted by molar-refractivity contribution is 9.10. The molecule has 1 fully saturated rings. The van der Waals surface area contributed by atoms with Crippen LogP contribution in [-0.4, -0.2) is 16.6 Å². The zero-order valence-electron chi connectivity index (χ0n) is 17.7. The van der Waals surface area contributed by atoms with Crippen LogP contribution in [0.4, 0.5) is 0 Å². The maximum atomic E-state index is 13.6. The molecule has 6 heteroatoms. The second-order valence-corrected chi connectivity index (χ2v) is 10.1. The summed E-state index contributed by atoms with van der Waals surface area (Å²) in [6, 6.07) is 22.8. The Morgan fingerprint density at radius 2 is 1.58 bits per heavy atom. The SMILES string of the molecule is O=C(c1ccc(Br)cc1)N1N=C2/C(=C\c3ccc(Cl)cc3)CCC[C@@H]2[C@H]1c1ccc(Cl)cc1. The summed E-state index contributed by atoms with van der Waals surface area (Å²) in [5.41, 5.74) is 4.92. The van der Waals surface area contributed by atoms with Crippen molar-refractivity contribution in [2.75, 3.05) is 0 Å². The topological polar surface area (TPSA) is 32.7 Å². The summed E-state index contributed by atoms with van der Waals surface area (Å²) in [6.07, 6.45) is 5.14. The number of carbonyl (C=O) groups excluding carboxylic acids is 1. The summed E-state index contributed by atoms with van der Waals surface area (Å²) in [7, 11) is 0. The Labute approximate surface area is 211 Å². The number of hydrogen-bond donors (Lipinski definition) is 0. The van der Waals surface area contributed by atoms with Crippen LogP contribution in [0.3, 0.4) is 0 Å². The molecule has 3 aromatic carbocycles. The van der Waals surface area contributed by atoms with Crippen LogP contribution in [0.15, 0.2) is 87.9 Å². The van der Waals surface area contributed by atoms with Gasteiger partial charge in [0.05, 0.1) is 11.8 Å². The van der Waals surface area contributed by atoms with E-state index in [0.717, 1.165) is 40.6 Å². The van der Waals surface area contributed by atoms with Gasteiger partial charge in [-0.05, 0) is 90.6 Å². The third kappa shape index (κ3) is 4.65. The summed E-state index contributed by atoms with van der Waals surface area (Å²) < 4.78 is 0.933. The van der Waals surface area contributed by atoms with Crippen LogP contribution < -0.4 is 0 Å². The van der Waals surface area contributed by atoms with E-state index in [0.29, 0.717) is 15.6 Å². The number of rotatable bonds is 3. The van der Waals surface area contributed by atoms with Gasteiger partial charge in [0.15, 0.2) is 0 Å². The van der Waals surface area contributed by atoms with Gasteiger partial charge in [-0.3, -0.25) is 4.79 Å². The summed E-state index contributed by atoms with van der Waals surface area (Å²) in [5.74, 6) is 0.0352. The van der Waals surface area contributed by atoms with Gasteiger partial charge < -0.3 is 0 Å². The molecule has 0 bridgehead atoms. The number of halogens is 3. The molecule has 1 saturated carbocycles. The average Bonchev–Trinajstić information content (AvgIpc) is 3.22. The van der Waals surface area contributed by atoms with Gasteiger partial charge in [-0.25, -0.2) is 5.01 Å². The Morgan fingerprint density at radius 1 is 0.939 bits per heavy atom. The van der Waals surface area contributed by atoms with Crippen LogP contribution in [0.5, 0.6) is 0 Å². The third-order valence-corrected chi connectivity index (χ3v) is 7.26. The highest BCUT2D eigenvalue weighted by atomic mass is 79.9. The van der Waals surface area contributed by atoms with Crippen LogP contribution in [-0.2, 0) is 0 Å². The Morgan fingerprint density at radius 3 is 2.24 bits per heavy atom. The Kier molecular flexibility index (Phi) is 6.42. The fraction of sp³-hybridized carbons (Fsp3) is 0.185. The Bertz CT molecular complexity index is 1230. The highest BCUT2D eigenvalue weighted by Gasteiger charge is 2.43. The lowest BCUT2D eigenvalue weighted by Crippen LogP contribution is -2.31. The molecule has 2 atom stereocenters. The fourth-order valence-electron chi connectivity index (χ4n) is 4.65. The molecule has 5 rings (SSSR count). The molecule has 0 spiro atoms. The number of hydrogen-bond acceptors (Lipinski definition) is 2. The number of fused-ring (bicyclic) bond motifs is 1. The standard InChI is InChI=1S/C27H21BrCl2N2O/c28-21-10-6-19(7-11-21)27(33)32-26(18-8-14-23(30)15-9-18)24-3-1-2-20(25(24)31-32)16-17-4-12-22(29)13-5-17/h4-16,24,26H,1-3H2/b20-16-/t24-,26+/m0/s1. The molecular formula is C27H21BrCl2N2O. The zero-order valence-corrected chi connectivity index (χ0v) is 20.8. The number of amides is 1. The van der Waals surface area contributed by atoms with Crippen LogP contribution in [0.2, 0.25) is 10.0 Å². The maximum Gasteiger partial charge on any atom is 0.274 e. The summed E-state index contributed by atoms with van der Waals surface area (Å²) in [6.45, 7) is 0. The zero-order chi connectivity index (χ0) is 22.9. The van der Waals surface area contributed by atoms with Gasteiger partial charge in [0.2, 0.25) is 0 Å². The molecule has 166 valence electrons. The molecule has 1 heterocycles. The summed E-state index contributed by atoms with van der Waals surface area (Å²) in [5, 5.41) is 8.01. The first-order valence-electron chi connectivity index (χ1n) is 10.9. The summed E-state index contributed by atoms with van der Waals surface area (Å²) in [4.78, 5) is 13.6. The normalized spacial score (nSPS) is 21.1. The second kappa shape index (κ2) is 9.46. The van der Waals surface area contributed by atoms with Crippen LogP contribution in [0.25, 0.3) is 6.08 Å². The van der Waals surface area contributed by atoms with Crippen LogP contribution in [0.1, 0.15) is 46.8 Å². The van der Waals surface area contributed by atoms with Gasteiger partial charge in [0, 0.05) is 26.0 Å². The van der Waals surface area contributed by atoms with Gasteiger partial charge in [-0.1, -0.05) is 63.4 Å². The minimum atomic E-state index is -0.165. The number of nitrogens with zero attached hydrogens (tertiary/aromatic N) is 2. The van der Waals surface area contributed by atoms with Crippen molar-refractivity contribution in [3.05, 3.63) is 110 Å². The number of carbonyl (C=O) groups is 1. The van der Waals surface area contributed by atoms with Crippen molar-refractivity contribution >= 4 is 56.8 Å². The molecule has 0 saturated heterocycles. The lowest BCUT2D eigenvalue weighted by atomic mass is 9.77. The van der Waals surface area contributed by atoms with Gasteiger partial charge in [0.1, 0.15) is 0 Å². The lowest BCUT2D eigenvalue weighted by molar-refractivity contribution is 0.0681. The Hall–Kier alpha value is -2.40. The highest BCUT2D eigenvalue weighted by Crippen LogP contribution is 2.45. The molecule has 0 aromatic heterocycles. The molecule has 1 amide bonds. The van der Waals surface area contributed by atoms with Gasteiger partial charge in [0.25, 0.3) is 5.91 Å². The fourth-order valence-corrected chi connectivity index (χ4v) is 5.16. The van der Waals surface area contributed by atoms with E-state index in [4.69, 9.17) is 28.3 Å². The van der Waals surface area contributed by atoms with Gasteiger partial charge in [-0.15, -0.1) is 0 Å². The maximum absolute atomic E-state index is 13.6. The quantitative estimate of drug-likeness (QED) is 0.330. The van der Waals surface area contributed by atoms with Crippen molar-refractivity contribution in [3.8, 4) is 0 Å². The van der Waals surface area contributed by atoms with E-state index < -0.39 is 0 Å². The molecule has 2 aliphatic rings. The molecule has 3 aromatic rings. The van der Waals surface area contributed by atoms with Gasteiger partial charge >= 0.3 is 0 Å². The molecule has 1 aliphatic heterocycles. The largest absolute Gasteiger partial charge is 0.274 e. The molecule has 1 aliphatic carbocycles. The first-order chi connectivity index (χ1) is 16.0. The molecule has 0 unspecified atom stereocenters. The summed E-state index contributed by atoms with van der Waals surface area (Å²) >= 11 is 15.7. The number of benzene rings is 3. The van der Waals surface area contributed by atoms with Crippen molar-refractivity contribution < 1.29 is 4.79 Å². The molecule has 3 nitrogen and oxygen atoms in total. The van der Waals surface area contributed by atoms with Crippen molar-refractivity contribution in [1.29, 1.82) is 0 Å². The Balaban J connectivity index is 1.57. The smallest absolute Gasteiger partial charge is 0.267 e. The second-order valence-electron chi connectivity index (χ2n) is 8.36. The molecular weight excluding hydrogens is 519 g/mol. The van der Waals surface area contributed by atoms with Crippen LogP contribution >= 0.6 is 39.1 Å². The predicted octanol–water partition coefficient (Wildman–Crippen LogP) is 8.19. The van der Waals surface area contributed by atoms with Crippen molar-refractivity contribution in [2.24, 2.45) is 11.0 Å². The van der Waals surface area contributed by atoms with E-state index in [1.54, 1.807) is 5.01 Å². The molecule has 0 radical (unpaired) electrons. The van der Waals surface area contributed by atoms with E-state index in [1.807, 2.05) is 72.8 Å². The average molecular weight is 540 g/mol.